The molecule has 2 atom stereocenters. The Labute approximate surface area is 126 Å². The Bertz CT molecular complexity index is 530. The van der Waals surface area contributed by atoms with Gasteiger partial charge in [-0.05, 0) is 37.5 Å². The summed E-state index contributed by atoms with van der Waals surface area (Å²) < 4.78 is 0.925. The number of carbonyl (C=O) groups excluding carboxylic acids is 1. The third kappa shape index (κ3) is 3.39. The monoisotopic (exact) mass is 339 g/mol. The molecule has 0 heterocycles. The maximum atomic E-state index is 12.3. The quantitative estimate of drug-likeness (QED) is 0.884. The summed E-state index contributed by atoms with van der Waals surface area (Å²) in [5.74, 6) is -2.04. The fourth-order valence-corrected chi connectivity index (χ4v) is 3.02. The summed E-state index contributed by atoms with van der Waals surface area (Å²) in [6.07, 6.45) is 3.04. The van der Waals surface area contributed by atoms with Crippen molar-refractivity contribution in [3.63, 3.8) is 0 Å². The van der Waals surface area contributed by atoms with Crippen molar-refractivity contribution in [1.82, 2.24) is 0 Å². The number of nitrogens with one attached hydrogen (secondary N) is 1. The van der Waals surface area contributed by atoms with Gasteiger partial charge in [0.25, 0.3) is 0 Å². The number of carbonyl (C=O) groups is 2. The van der Waals surface area contributed by atoms with Crippen LogP contribution in [0.2, 0.25) is 0 Å². The lowest BCUT2D eigenvalue weighted by atomic mass is 9.78. The van der Waals surface area contributed by atoms with Crippen LogP contribution in [0.1, 0.15) is 31.2 Å². The molecule has 4 nitrogen and oxygen atoms in total. The van der Waals surface area contributed by atoms with E-state index >= 15 is 0 Å². The minimum atomic E-state index is -0.866. The molecule has 0 aliphatic heterocycles. The van der Waals surface area contributed by atoms with Gasteiger partial charge in [-0.15, -0.1) is 0 Å². The van der Waals surface area contributed by atoms with Crippen LogP contribution < -0.4 is 5.32 Å². The number of anilines is 1. The summed E-state index contributed by atoms with van der Waals surface area (Å²) in [5.41, 5.74) is 1.78. The first-order chi connectivity index (χ1) is 9.49. The first-order valence-electron chi connectivity index (χ1n) is 6.79. The van der Waals surface area contributed by atoms with E-state index in [1.54, 1.807) is 0 Å². The van der Waals surface area contributed by atoms with Crippen LogP contribution in [0.5, 0.6) is 0 Å². The summed E-state index contributed by atoms with van der Waals surface area (Å²) in [6, 6.07) is 5.58. The van der Waals surface area contributed by atoms with E-state index in [2.05, 4.69) is 21.2 Å². The highest BCUT2D eigenvalue weighted by Gasteiger charge is 2.35. The van der Waals surface area contributed by atoms with Crippen LogP contribution in [-0.2, 0) is 9.59 Å². The molecule has 0 spiro atoms. The van der Waals surface area contributed by atoms with Crippen molar-refractivity contribution in [1.29, 1.82) is 0 Å². The number of benzene rings is 1. The lowest BCUT2D eigenvalue weighted by Crippen LogP contribution is -2.36. The van der Waals surface area contributed by atoms with E-state index < -0.39 is 17.8 Å². The Morgan fingerprint density at radius 3 is 2.50 bits per heavy atom. The average Bonchev–Trinajstić information content (AvgIpc) is 2.43. The molecule has 0 bridgehead atoms. The normalized spacial score (nSPS) is 22.3. The van der Waals surface area contributed by atoms with E-state index in [0.717, 1.165) is 22.9 Å². The van der Waals surface area contributed by atoms with Crippen LogP contribution in [0.15, 0.2) is 22.7 Å². The molecule has 20 heavy (non-hydrogen) atoms. The van der Waals surface area contributed by atoms with Crippen molar-refractivity contribution in [2.24, 2.45) is 11.8 Å². The first kappa shape index (κ1) is 15.0. The number of rotatable bonds is 3. The summed E-state index contributed by atoms with van der Waals surface area (Å²) in [6.45, 7) is 1.97. The fraction of sp³-hybridized carbons (Fsp3) is 0.467. The minimum absolute atomic E-state index is 0.187. The van der Waals surface area contributed by atoms with Gasteiger partial charge in [-0.1, -0.05) is 34.8 Å². The van der Waals surface area contributed by atoms with Crippen molar-refractivity contribution in [3.05, 3.63) is 28.2 Å². The van der Waals surface area contributed by atoms with Gasteiger partial charge < -0.3 is 10.4 Å². The zero-order valence-corrected chi connectivity index (χ0v) is 12.9. The topological polar surface area (TPSA) is 66.4 Å². The van der Waals surface area contributed by atoms with E-state index in [9.17, 15) is 14.7 Å². The lowest BCUT2D eigenvalue weighted by Gasteiger charge is -2.27. The van der Waals surface area contributed by atoms with E-state index in [1.165, 1.54) is 0 Å². The number of hydrogen-bond acceptors (Lipinski definition) is 2. The van der Waals surface area contributed by atoms with Crippen LogP contribution in [0.25, 0.3) is 0 Å². The van der Waals surface area contributed by atoms with Gasteiger partial charge >= 0.3 is 5.97 Å². The molecular weight excluding hydrogens is 322 g/mol. The Morgan fingerprint density at radius 2 is 1.90 bits per heavy atom. The maximum Gasteiger partial charge on any atom is 0.307 e. The van der Waals surface area contributed by atoms with Gasteiger partial charge in [0.15, 0.2) is 0 Å². The van der Waals surface area contributed by atoms with E-state index in [4.69, 9.17) is 0 Å². The van der Waals surface area contributed by atoms with Gasteiger partial charge in [-0.2, -0.15) is 0 Å². The van der Waals surface area contributed by atoms with Crippen molar-refractivity contribution < 1.29 is 14.7 Å². The number of carboxylic acid groups (broad SMARTS) is 1. The Balaban J connectivity index is 2.09. The van der Waals surface area contributed by atoms with Crippen LogP contribution in [-0.4, -0.2) is 17.0 Å². The maximum absolute atomic E-state index is 12.3. The van der Waals surface area contributed by atoms with Crippen molar-refractivity contribution in [2.75, 3.05) is 5.32 Å². The molecule has 2 rings (SSSR count). The number of aliphatic carboxylic acids is 1. The predicted molar refractivity (Wildman–Crippen MR) is 80.6 cm³/mol. The van der Waals surface area contributed by atoms with Crippen LogP contribution in [0.4, 0.5) is 5.69 Å². The largest absolute Gasteiger partial charge is 0.481 e. The lowest BCUT2D eigenvalue weighted by molar-refractivity contribution is -0.147. The standard InChI is InChI=1S/C15H18BrNO3/c1-9-6-7-10(8-13(9)16)17-14(18)11-4-2-3-5-12(11)15(19)20/h6-8,11-12H,2-5H2,1H3,(H,17,18)(H,19,20)/t11-,12+/m1/s1. The minimum Gasteiger partial charge on any atom is -0.481 e. The highest BCUT2D eigenvalue weighted by molar-refractivity contribution is 9.10. The zero-order chi connectivity index (χ0) is 14.7. The highest BCUT2D eigenvalue weighted by atomic mass is 79.9. The third-order valence-corrected chi connectivity index (χ3v) is 4.71. The highest BCUT2D eigenvalue weighted by Crippen LogP contribution is 2.31. The van der Waals surface area contributed by atoms with Crippen LogP contribution in [0, 0.1) is 18.8 Å². The first-order valence-corrected chi connectivity index (χ1v) is 7.58. The molecule has 1 aliphatic rings. The summed E-state index contributed by atoms with van der Waals surface area (Å²) in [7, 11) is 0. The molecule has 0 unspecified atom stereocenters. The third-order valence-electron chi connectivity index (χ3n) is 3.86. The second-order valence-corrected chi connectivity index (χ2v) is 6.14. The van der Waals surface area contributed by atoms with Crippen molar-refractivity contribution in [3.8, 4) is 0 Å². The van der Waals surface area contributed by atoms with Crippen molar-refractivity contribution >= 4 is 33.5 Å². The average molecular weight is 340 g/mol. The van der Waals surface area contributed by atoms with Crippen molar-refractivity contribution in [2.45, 2.75) is 32.6 Å². The molecule has 1 aromatic carbocycles. The molecule has 108 valence electrons. The van der Waals surface area contributed by atoms with Crippen LogP contribution in [0.3, 0.4) is 0 Å². The Morgan fingerprint density at radius 1 is 1.25 bits per heavy atom. The molecule has 1 aromatic rings. The van der Waals surface area contributed by atoms with Gasteiger partial charge in [0, 0.05) is 10.2 Å². The summed E-state index contributed by atoms with van der Waals surface area (Å²) in [4.78, 5) is 23.5. The number of halogens is 1. The van der Waals surface area contributed by atoms with Gasteiger partial charge in [-0.25, -0.2) is 0 Å². The van der Waals surface area contributed by atoms with E-state index in [0.29, 0.717) is 18.5 Å². The van der Waals surface area contributed by atoms with Gasteiger partial charge in [-0.3, -0.25) is 9.59 Å². The molecule has 1 fully saturated rings. The molecular formula is C15H18BrNO3. The molecule has 1 aliphatic carbocycles. The predicted octanol–water partition coefficient (Wildman–Crippen LogP) is 3.59. The van der Waals surface area contributed by atoms with E-state index in [-0.39, 0.29) is 5.91 Å². The number of amides is 1. The number of carboxylic acids is 1. The Kier molecular flexibility index (Phi) is 4.81. The summed E-state index contributed by atoms with van der Waals surface area (Å²) in [5, 5.41) is 12.0. The summed E-state index contributed by atoms with van der Waals surface area (Å²) >= 11 is 3.42. The number of hydrogen-bond donors (Lipinski definition) is 2. The smallest absolute Gasteiger partial charge is 0.307 e. The van der Waals surface area contributed by atoms with Gasteiger partial charge in [0.1, 0.15) is 0 Å². The number of aryl methyl sites for hydroxylation is 1. The SMILES string of the molecule is Cc1ccc(NC(=O)[C@@H]2CCCC[C@@H]2C(=O)O)cc1Br. The molecule has 5 heteroatoms. The van der Waals surface area contributed by atoms with Gasteiger partial charge in [0.05, 0.1) is 11.8 Å². The second kappa shape index (κ2) is 6.39. The van der Waals surface area contributed by atoms with Gasteiger partial charge in [0.2, 0.25) is 5.91 Å². The molecule has 0 aromatic heterocycles. The molecule has 0 radical (unpaired) electrons. The molecule has 1 amide bonds. The zero-order valence-electron chi connectivity index (χ0n) is 11.4. The molecule has 2 N–H and O–H groups in total. The molecule has 0 saturated heterocycles. The second-order valence-electron chi connectivity index (χ2n) is 5.29. The Hall–Kier alpha value is -1.36. The van der Waals surface area contributed by atoms with Crippen LogP contribution >= 0.6 is 15.9 Å². The van der Waals surface area contributed by atoms with E-state index in [1.807, 2.05) is 25.1 Å². The molecule has 1 saturated carbocycles. The fourth-order valence-electron chi connectivity index (χ4n) is 2.65.